The Labute approximate surface area is 128 Å². The van der Waals surface area contributed by atoms with E-state index in [9.17, 15) is 0 Å². The fraction of sp³-hybridized carbons (Fsp3) is 0.368. The van der Waals surface area contributed by atoms with E-state index in [1.54, 1.807) is 7.11 Å². The molecule has 0 aliphatic rings. The summed E-state index contributed by atoms with van der Waals surface area (Å²) >= 11 is 0. The molecule has 0 spiro atoms. The van der Waals surface area contributed by atoms with Crippen LogP contribution in [0.2, 0.25) is 0 Å². The van der Waals surface area contributed by atoms with Gasteiger partial charge in [-0.3, -0.25) is 0 Å². The largest absolute Gasteiger partial charge is 0.497 e. The van der Waals surface area contributed by atoms with Gasteiger partial charge in [-0.05, 0) is 49.1 Å². The minimum atomic E-state index is 0.527. The van der Waals surface area contributed by atoms with Gasteiger partial charge in [0.15, 0.2) is 0 Å². The predicted octanol–water partition coefficient (Wildman–Crippen LogP) is 3.85. The number of hydrogen-bond donors (Lipinski definition) is 1. The first-order valence-corrected chi connectivity index (χ1v) is 7.72. The van der Waals surface area contributed by atoms with Gasteiger partial charge in [-0.1, -0.05) is 49.4 Å². The molecule has 112 valence electrons. The highest BCUT2D eigenvalue weighted by atomic mass is 16.5. The molecule has 0 bridgehead atoms. The molecule has 0 heterocycles. The zero-order chi connectivity index (χ0) is 14.9. The second-order valence-corrected chi connectivity index (χ2v) is 5.33. The first-order valence-electron chi connectivity index (χ1n) is 7.72. The number of ether oxygens (including phenoxy) is 1. The van der Waals surface area contributed by atoms with E-state index in [0.29, 0.717) is 6.04 Å². The average Bonchev–Trinajstić information content (AvgIpc) is 2.54. The van der Waals surface area contributed by atoms with Crippen molar-refractivity contribution >= 4 is 0 Å². The van der Waals surface area contributed by atoms with Crippen LogP contribution in [0.3, 0.4) is 0 Å². The van der Waals surface area contributed by atoms with Crippen molar-refractivity contribution in [1.82, 2.24) is 5.32 Å². The third kappa shape index (κ3) is 5.24. The highest BCUT2D eigenvalue weighted by molar-refractivity contribution is 5.27. The number of benzene rings is 2. The Morgan fingerprint density at radius 3 is 2.29 bits per heavy atom. The van der Waals surface area contributed by atoms with E-state index in [4.69, 9.17) is 4.74 Å². The number of hydrogen-bond acceptors (Lipinski definition) is 2. The molecule has 2 heteroatoms. The SMILES string of the molecule is CCNC(CCc1ccc(OC)cc1)Cc1ccccc1. The summed E-state index contributed by atoms with van der Waals surface area (Å²) in [7, 11) is 1.70. The summed E-state index contributed by atoms with van der Waals surface area (Å²) in [4.78, 5) is 0. The maximum atomic E-state index is 5.20. The second-order valence-electron chi connectivity index (χ2n) is 5.33. The van der Waals surface area contributed by atoms with Gasteiger partial charge in [-0.25, -0.2) is 0 Å². The van der Waals surface area contributed by atoms with Crippen LogP contribution in [0.5, 0.6) is 5.75 Å². The topological polar surface area (TPSA) is 21.3 Å². The van der Waals surface area contributed by atoms with Crippen molar-refractivity contribution < 1.29 is 4.74 Å². The van der Waals surface area contributed by atoms with Gasteiger partial charge < -0.3 is 10.1 Å². The molecule has 0 aliphatic heterocycles. The predicted molar refractivity (Wildman–Crippen MR) is 88.9 cm³/mol. The first-order chi connectivity index (χ1) is 10.3. The summed E-state index contributed by atoms with van der Waals surface area (Å²) < 4.78 is 5.20. The van der Waals surface area contributed by atoms with Crippen molar-refractivity contribution in [3.8, 4) is 5.75 Å². The molecule has 0 aliphatic carbocycles. The molecule has 21 heavy (non-hydrogen) atoms. The van der Waals surface area contributed by atoms with Gasteiger partial charge in [-0.2, -0.15) is 0 Å². The fourth-order valence-corrected chi connectivity index (χ4v) is 2.60. The molecule has 0 amide bonds. The van der Waals surface area contributed by atoms with Crippen LogP contribution in [0.4, 0.5) is 0 Å². The van der Waals surface area contributed by atoms with Crippen molar-refractivity contribution in [1.29, 1.82) is 0 Å². The fourth-order valence-electron chi connectivity index (χ4n) is 2.60. The molecule has 2 aromatic rings. The number of rotatable bonds is 8. The van der Waals surface area contributed by atoms with Gasteiger partial charge in [0.2, 0.25) is 0 Å². The van der Waals surface area contributed by atoms with E-state index >= 15 is 0 Å². The first kappa shape index (κ1) is 15.6. The molecule has 2 aromatic carbocycles. The molecular formula is C19H25NO. The Hall–Kier alpha value is -1.80. The Kier molecular flexibility index (Phi) is 6.29. The van der Waals surface area contributed by atoms with Crippen molar-refractivity contribution in [3.63, 3.8) is 0 Å². The van der Waals surface area contributed by atoms with Crippen LogP contribution in [0.15, 0.2) is 54.6 Å². The van der Waals surface area contributed by atoms with Crippen molar-refractivity contribution in [2.24, 2.45) is 0 Å². The molecule has 0 radical (unpaired) electrons. The number of methoxy groups -OCH3 is 1. The highest BCUT2D eigenvalue weighted by Crippen LogP contribution is 2.14. The van der Waals surface area contributed by atoms with Crippen LogP contribution in [0.25, 0.3) is 0 Å². The van der Waals surface area contributed by atoms with Crippen LogP contribution < -0.4 is 10.1 Å². The maximum Gasteiger partial charge on any atom is 0.118 e. The lowest BCUT2D eigenvalue weighted by Crippen LogP contribution is -2.31. The normalized spacial score (nSPS) is 12.1. The van der Waals surface area contributed by atoms with Crippen molar-refractivity contribution in [3.05, 3.63) is 65.7 Å². The minimum absolute atomic E-state index is 0.527. The van der Waals surface area contributed by atoms with Gasteiger partial charge >= 0.3 is 0 Å². The third-order valence-electron chi connectivity index (χ3n) is 3.76. The average molecular weight is 283 g/mol. The molecular weight excluding hydrogens is 258 g/mol. The third-order valence-corrected chi connectivity index (χ3v) is 3.76. The molecule has 0 fully saturated rings. The summed E-state index contributed by atoms with van der Waals surface area (Å²) in [6.45, 7) is 3.19. The zero-order valence-corrected chi connectivity index (χ0v) is 13.0. The van der Waals surface area contributed by atoms with Gasteiger partial charge in [0.25, 0.3) is 0 Å². The molecule has 0 saturated heterocycles. The summed E-state index contributed by atoms with van der Waals surface area (Å²) in [5, 5.41) is 3.60. The van der Waals surface area contributed by atoms with E-state index in [0.717, 1.165) is 31.6 Å². The molecule has 0 saturated carbocycles. The number of aryl methyl sites for hydroxylation is 1. The van der Waals surface area contributed by atoms with Crippen molar-refractivity contribution in [2.45, 2.75) is 32.2 Å². The summed E-state index contributed by atoms with van der Waals surface area (Å²) in [6.07, 6.45) is 3.33. The summed E-state index contributed by atoms with van der Waals surface area (Å²) in [5.74, 6) is 0.922. The lowest BCUT2D eigenvalue weighted by molar-refractivity contribution is 0.414. The van der Waals surface area contributed by atoms with Gasteiger partial charge in [0, 0.05) is 6.04 Å². The number of likely N-dealkylation sites (N-methyl/N-ethyl adjacent to an activating group) is 1. The smallest absolute Gasteiger partial charge is 0.118 e. The summed E-state index contributed by atoms with van der Waals surface area (Å²) in [6, 6.07) is 19.6. The van der Waals surface area contributed by atoms with Crippen LogP contribution in [0.1, 0.15) is 24.5 Å². The monoisotopic (exact) mass is 283 g/mol. The van der Waals surface area contributed by atoms with Crippen LogP contribution in [0, 0.1) is 0 Å². The van der Waals surface area contributed by atoms with E-state index in [1.165, 1.54) is 11.1 Å². The Morgan fingerprint density at radius 1 is 0.952 bits per heavy atom. The lowest BCUT2D eigenvalue weighted by atomic mass is 9.99. The number of nitrogens with one attached hydrogen (secondary N) is 1. The van der Waals surface area contributed by atoms with E-state index in [-0.39, 0.29) is 0 Å². The van der Waals surface area contributed by atoms with Crippen LogP contribution in [-0.2, 0) is 12.8 Å². The van der Waals surface area contributed by atoms with E-state index in [1.807, 2.05) is 12.1 Å². The minimum Gasteiger partial charge on any atom is -0.497 e. The molecule has 2 rings (SSSR count). The van der Waals surface area contributed by atoms with Crippen molar-refractivity contribution in [2.75, 3.05) is 13.7 Å². The summed E-state index contributed by atoms with van der Waals surface area (Å²) in [5.41, 5.74) is 2.77. The van der Waals surface area contributed by atoms with Gasteiger partial charge in [0.05, 0.1) is 7.11 Å². The van der Waals surface area contributed by atoms with E-state index in [2.05, 4.69) is 54.7 Å². The Bertz CT molecular complexity index is 507. The molecule has 2 nitrogen and oxygen atoms in total. The zero-order valence-electron chi connectivity index (χ0n) is 13.0. The Balaban J connectivity index is 1.89. The highest BCUT2D eigenvalue weighted by Gasteiger charge is 2.08. The van der Waals surface area contributed by atoms with Crippen LogP contribution >= 0.6 is 0 Å². The quantitative estimate of drug-likeness (QED) is 0.794. The molecule has 1 atom stereocenters. The standard InChI is InChI=1S/C19H25NO/c1-3-20-18(15-17-7-5-4-6-8-17)12-9-16-10-13-19(21-2)14-11-16/h4-8,10-11,13-14,18,20H,3,9,12,15H2,1-2H3. The molecule has 1 unspecified atom stereocenters. The lowest BCUT2D eigenvalue weighted by Gasteiger charge is -2.18. The van der Waals surface area contributed by atoms with Gasteiger partial charge in [0.1, 0.15) is 5.75 Å². The van der Waals surface area contributed by atoms with Gasteiger partial charge in [-0.15, -0.1) is 0 Å². The van der Waals surface area contributed by atoms with E-state index < -0.39 is 0 Å². The molecule has 0 aromatic heterocycles. The second kappa shape index (κ2) is 8.48. The molecule has 1 N–H and O–H groups in total. The Morgan fingerprint density at radius 2 is 1.67 bits per heavy atom. The maximum absolute atomic E-state index is 5.20. The van der Waals surface area contributed by atoms with Crippen LogP contribution in [-0.4, -0.2) is 19.7 Å².